The Kier molecular flexibility index (Phi) is 5.45. The van der Waals surface area contributed by atoms with Gasteiger partial charge in [0.15, 0.2) is 5.69 Å². The molecule has 1 aliphatic rings. The van der Waals surface area contributed by atoms with Crippen LogP contribution in [0.3, 0.4) is 0 Å². The summed E-state index contributed by atoms with van der Waals surface area (Å²) in [6.45, 7) is 3.04. The molecule has 0 spiro atoms. The number of methoxy groups -OCH3 is 1. The van der Waals surface area contributed by atoms with Gasteiger partial charge < -0.3 is 15.4 Å². The van der Waals surface area contributed by atoms with Gasteiger partial charge in [-0.05, 0) is 56.3 Å². The number of piperidine rings is 1. The second kappa shape index (κ2) is 7.76. The first-order valence-electron chi connectivity index (χ1n) is 8.41. The molecule has 1 aliphatic heterocycles. The van der Waals surface area contributed by atoms with Gasteiger partial charge in [0.25, 0.3) is 5.91 Å². The lowest BCUT2D eigenvalue weighted by Crippen LogP contribution is -2.47. The van der Waals surface area contributed by atoms with Gasteiger partial charge in [0.2, 0.25) is 0 Å². The van der Waals surface area contributed by atoms with Crippen molar-refractivity contribution in [2.45, 2.75) is 12.8 Å². The van der Waals surface area contributed by atoms with Gasteiger partial charge in [-0.2, -0.15) is 5.10 Å². The third-order valence-corrected chi connectivity index (χ3v) is 4.65. The second-order valence-corrected chi connectivity index (χ2v) is 6.49. The number of aromatic nitrogens is 2. The molecule has 0 bridgehead atoms. The third-order valence-electron chi connectivity index (χ3n) is 4.65. The number of hydrogen-bond acceptors (Lipinski definition) is 4. The van der Waals surface area contributed by atoms with Crippen LogP contribution in [-0.2, 0) is 4.74 Å². The van der Waals surface area contributed by atoms with E-state index in [0.717, 1.165) is 25.9 Å². The van der Waals surface area contributed by atoms with Crippen LogP contribution >= 0.6 is 0 Å². The molecular formula is C18H23FN4O2. The van der Waals surface area contributed by atoms with Crippen LogP contribution < -0.4 is 10.6 Å². The van der Waals surface area contributed by atoms with E-state index in [-0.39, 0.29) is 17.1 Å². The van der Waals surface area contributed by atoms with Crippen molar-refractivity contribution in [3.8, 4) is 5.69 Å². The highest BCUT2D eigenvalue weighted by molar-refractivity contribution is 5.92. The number of nitrogens with one attached hydrogen (secondary N) is 2. The van der Waals surface area contributed by atoms with Gasteiger partial charge >= 0.3 is 0 Å². The summed E-state index contributed by atoms with van der Waals surface area (Å²) < 4.78 is 19.9. The smallest absolute Gasteiger partial charge is 0.271 e. The quantitative estimate of drug-likeness (QED) is 0.836. The molecule has 0 saturated carbocycles. The molecule has 0 aliphatic carbocycles. The van der Waals surface area contributed by atoms with Crippen molar-refractivity contribution in [2.75, 3.05) is 33.4 Å². The van der Waals surface area contributed by atoms with E-state index in [2.05, 4.69) is 15.7 Å². The molecule has 1 fully saturated rings. The molecule has 25 heavy (non-hydrogen) atoms. The fraction of sp³-hybridized carbons (Fsp3) is 0.444. The molecule has 1 aromatic carbocycles. The zero-order valence-electron chi connectivity index (χ0n) is 14.3. The van der Waals surface area contributed by atoms with E-state index in [1.807, 2.05) is 0 Å². The van der Waals surface area contributed by atoms with Crippen LogP contribution in [0.4, 0.5) is 4.39 Å². The Bertz CT molecular complexity index is 703. The number of hydrogen-bond donors (Lipinski definition) is 2. The summed E-state index contributed by atoms with van der Waals surface area (Å²) in [5.74, 6) is -0.519. The van der Waals surface area contributed by atoms with E-state index in [4.69, 9.17) is 4.74 Å². The molecule has 1 amide bonds. The number of halogens is 1. The molecular weight excluding hydrogens is 323 g/mol. The van der Waals surface area contributed by atoms with E-state index in [1.165, 1.54) is 12.1 Å². The minimum absolute atomic E-state index is 0.0326. The average Bonchev–Trinajstić information content (AvgIpc) is 3.12. The van der Waals surface area contributed by atoms with Crippen molar-refractivity contribution < 1.29 is 13.9 Å². The van der Waals surface area contributed by atoms with Crippen molar-refractivity contribution in [1.82, 2.24) is 20.4 Å². The van der Waals surface area contributed by atoms with Crippen LogP contribution in [0.15, 0.2) is 36.5 Å². The lowest BCUT2D eigenvalue weighted by atomic mass is 9.79. The monoisotopic (exact) mass is 346 g/mol. The Hall–Kier alpha value is -2.25. The van der Waals surface area contributed by atoms with Gasteiger partial charge in [-0.1, -0.05) is 0 Å². The topological polar surface area (TPSA) is 68.2 Å². The number of nitrogens with zero attached hydrogens (tertiary/aromatic N) is 2. The maximum Gasteiger partial charge on any atom is 0.271 e. The number of carbonyl (C=O) groups excluding carboxylic acids is 1. The minimum atomic E-state index is -0.306. The predicted octanol–water partition coefficient (Wildman–Crippen LogP) is 1.76. The molecule has 0 unspecified atom stereocenters. The van der Waals surface area contributed by atoms with E-state index in [9.17, 15) is 9.18 Å². The van der Waals surface area contributed by atoms with Crippen LogP contribution in [0.25, 0.3) is 5.69 Å². The van der Waals surface area contributed by atoms with Crippen LogP contribution in [0.1, 0.15) is 23.3 Å². The lowest BCUT2D eigenvalue weighted by Gasteiger charge is -2.37. The molecule has 6 nitrogen and oxygen atoms in total. The molecule has 2 N–H and O–H groups in total. The molecule has 1 aromatic heterocycles. The standard InChI is InChI=1S/C18H23FN4O2/c1-25-13-18(7-9-20-10-8-18)12-21-17(24)16-6-11-23(22-16)15-4-2-14(19)3-5-15/h2-6,11,20H,7-10,12-13H2,1H3,(H,21,24). The third kappa shape index (κ3) is 4.24. The molecule has 0 atom stereocenters. The number of rotatable bonds is 6. The molecule has 2 heterocycles. The summed E-state index contributed by atoms with van der Waals surface area (Å²) >= 11 is 0. The lowest BCUT2D eigenvalue weighted by molar-refractivity contribution is 0.0510. The Morgan fingerprint density at radius 3 is 2.72 bits per heavy atom. The summed E-state index contributed by atoms with van der Waals surface area (Å²) in [5, 5.41) is 10.6. The highest BCUT2D eigenvalue weighted by atomic mass is 19.1. The molecule has 7 heteroatoms. The normalized spacial score (nSPS) is 16.6. The van der Waals surface area contributed by atoms with Crippen LogP contribution in [-0.4, -0.2) is 49.0 Å². The summed E-state index contributed by atoms with van der Waals surface area (Å²) in [7, 11) is 1.69. The Labute approximate surface area is 146 Å². The number of amides is 1. The average molecular weight is 346 g/mol. The Morgan fingerprint density at radius 1 is 1.32 bits per heavy atom. The zero-order chi connectivity index (χ0) is 17.7. The van der Waals surface area contributed by atoms with Crippen LogP contribution in [0.5, 0.6) is 0 Å². The van der Waals surface area contributed by atoms with Crippen LogP contribution in [0.2, 0.25) is 0 Å². The first-order valence-corrected chi connectivity index (χ1v) is 8.41. The van der Waals surface area contributed by atoms with Crippen molar-refractivity contribution in [3.05, 3.63) is 48.0 Å². The predicted molar refractivity (Wildman–Crippen MR) is 92.3 cm³/mol. The first kappa shape index (κ1) is 17.6. The number of ether oxygens (including phenoxy) is 1. The maximum absolute atomic E-state index is 13.0. The van der Waals surface area contributed by atoms with Gasteiger partial charge in [-0.25, -0.2) is 9.07 Å². The van der Waals surface area contributed by atoms with Crippen molar-refractivity contribution in [2.24, 2.45) is 5.41 Å². The second-order valence-electron chi connectivity index (χ2n) is 6.49. The summed E-state index contributed by atoms with van der Waals surface area (Å²) in [5.41, 5.74) is 1.01. The highest BCUT2D eigenvalue weighted by Crippen LogP contribution is 2.28. The Balaban J connectivity index is 1.64. The summed E-state index contributed by atoms with van der Waals surface area (Å²) in [4.78, 5) is 12.4. The zero-order valence-corrected chi connectivity index (χ0v) is 14.3. The SMILES string of the molecule is COCC1(CNC(=O)c2ccn(-c3ccc(F)cc3)n2)CCNCC1. The van der Waals surface area contributed by atoms with Crippen molar-refractivity contribution in [3.63, 3.8) is 0 Å². The molecule has 3 rings (SSSR count). The fourth-order valence-electron chi connectivity index (χ4n) is 3.18. The van der Waals surface area contributed by atoms with Crippen molar-refractivity contribution >= 4 is 5.91 Å². The Morgan fingerprint density at radius 2 is 2.04 bits per heavy atom. The van der Waals surface area contributed by atoms with Gasteiger partial charge in [0, 0.05) is 25.3 Å². The van der Waals surface area contributed by atoms with E-state index in [1.54, 1.807) is 36.2 Å². The molecule has 134 valence electrons. The maximum atomic E-state index is 13.0. The van der Waals surface area contributed by atoms with Gasteiger partial charge in [0.1, 0.15) is 5.82 Å². The number of benzene rings is 1. The molecule has 2 aromatic rings. The largest absolute Gasteiger partial charge is 0.384 e. The van der Waals surface area contributed by atoms with Gasteiger partial charge in [0.05, 0.1) is 12.3 Å². The van der Waals surface area contributed by atoms with E-state index < -0.39 is 0 Å². The van der Waals surface area contributed by atoms with Gasteiger partial charge in [-0.15, -0.1) is 0 Å². The highest BCUT2D eigenvalue weighted by Gasteiger charge is 2.32. The summed E-state index contributed by atoms with van der Waals surface area (Å²) in [6, 6.07) is 7.62. The van der Waals surface area contributed by atoms with Gasteiger partial charge in [-0.3, -0.25) is 4.79 Å². The molecule has 1 saturated heterocycles. The molecule has 0 radical (unpaired) electrons. The minimum Gasteiger partial charge on any atom is -0.384 e. The fourth-order valence-corrected chi connectivity index (χ4v) is 3.18. The van der Waals surface area contributed by atoms with E-state index in [0.29, 0.717) is 24.5 Å². The van der Waals surface area contributed by atoms with Crippen molar-refractivity contribution in [1.29, 1.82) is 0 Å². The van der Waals surface area contributed by atoms with E-state index >= 15 is 0 Å². The van der Waals surface area contributed by atoms with Crippen LogP contribution in [0, 0.1) is 11.2 Å². The number of carbonyl (C=O) groups is 1. The summed E-state index contributed by atoms with van der Waals surface area (Å²) in [6.07, 6.45) is 3.62. The first-order chi connectivity index (χ1) is 12.1.